The van der Waals surface area contributed by atoms with Gasteiger partial charge < -0.3 is 0 Å². The first-order valence-electron chi connectivity index (χ1n) is 7.38. The zero-order chi connectivity index (χ0) is 15.3. The molecule has 0 bridgehead atoms. The summed E-state index contributed by atoms with van der Waals surface area (Å²) >= 11 is 0. The number of hydrogen-bond acceptors (Lipinski definition) is 2. The number of rotatable bonds is 1. The van der Waals surface area contributed by atoms with Gasteiger partial charge in [0.2, 0.25) is 5.78 Å². The maximum absolute atomic E-state index is 12.8. The average molecular weight is 285 g/mol. The van der Waals surface area contributed by atoms with Crippen molar-refractivity contribution < 1.29 is 4.79 Å². The Labute approximate surface area is 129 Å². The first kappa shape index (κ1) is 13.0. The Morgan fingerprint density at radius 3 is 2.05 bits per heavy atom. The summed E-state index contributed by atoms with van der Waals surface area (Å²) in [5, 5.41) is 2.12. The Kier molecular flexibility index (Phi) is 2.73. The fraction of sp³-hybridized carbons (Fsp3) is 0.100. The van der Waals surface area contributed by atoms with E-state index < -0.39 is 0 Å². The van der Waals surface area contributed by atoms with Gasteiger partial charge in [0.15, 0.2) is 0 Å². The molecule has 0 fully saturated rings. The molecule has 3 aromatic carbocycles. The van der Waals surface area contributed by atoms with Crippen molar-refractivity contribution >= 4 is 28.0 Å². The van der Waals surface area contributed by atoms with Crippen molar-refractivity contribution in [3.63, 3.8) is 0 Å². The van der Waals surface area contributed by atoms with Gasteiger partial charge in [-0.25, -0.2) is 4.99 Å². The lowest BCUT2D eigenvalue weighted by Gasteiger charge is -2.06. The van der Waals surface area contributed by atoms with E-state index in [1.165, 1.54) is 0 Å². The zero-order valence-corrected chi connectivity index (χ0v) is 12.6. The van der Waals surface area contributed by atoms with Gasteiger partial charge in [0.25, 0.3) is 0 Å². The van der Waals surface area contributed by atoms with E-state index in [1.54, 1.807) is 0 Å². The van der Waals surface area contributed by atoms with E-state index in [9.17, 15) is 4.79 Å². The SMILES string of the molecule is Cc1cccc(C)c1N=C1C(=O)c2cccc3cccc1c23. The molecule has 0 spiro atoms. The van der Waals surface area contributed by atoms with Crippen molar-refractivity contribution in [1.82, 2.24) is 0 Å². The highest BCUT2D eigenvalue weighted by atomic mass is 16.1. The molecule has 0 atom stereocenters. The van der Waals surface area contributed by atoms with Crippen LogP contribution in [-0.2, 0) is 0 Å². The summed E-state index contributed by atoms with van der Waals surface area (Å²) < 4.78 is 0. The van der Waals surface area contributed by atoms with Crippen molar-refractivity contribution in [3.05, 3.63) is 76.9 Å². The molecule has 0 amide bonds. The molecule has 0 N–H and O–H groups in total. The number of carbonyl (C=O) groups is 1. The second-order valence-corrected chi connectivity index (χ2v) is 5.74. The van der Waals surface area contributed by atoms with Crippen molar-refractivity contribution in [3.8, 4) is 0 Å². The Balaban J connectivity index is 2.02. The molecule has 0 unspecified atom stereocenters. The molecule has 0 radical (unpaired) electrons. The van der Waals surface area contributed by atoms with E-state index >= 15 is 0 Å². The molecule has 1 aliphatic carbocycles. The Bertz CT molecular complexity index is 941. The Morgan fingerprint density at radius 2 is 1.36 bits per heavy atom. The molecular weight excluding hydrogens is 270 g/mol. The third-order valence-corrected chi connectivity index (χ3v) is 4.28. The standard InChI is InChI=1S/C20H15NO/c1-12-6-3-7-13(2)18(12)21-19-15-10-4-8-14-9-5-11-16(17(14)15)20(19)22/h3-11H,1-2H3. The maximum atomic E-state index is 12.8. The average Bonchev–Trinajstić information content (AvgIpc) is 2.79. The fourth-order valence-corrected chi connectivity index (χ4v) is 3.18. The highest BCUT2D eigenvalue weighted by Gasteiger charge is 2.28. The number of benzene rings is 3. The van der Waals surface area contributed by atoms with Crippen LogP contribution in [0.1, 0.15) is 27.0 Å². The highest BCUT2D eigenvalue weighted by Crippen LogP contribution is 2.33. The molecule has 0 aliphatic heterocycles. The van der Waals surface area contributed by atoms with Crippen molar-refractivity contribution in [2.75, 3.05) is 0 Å². The van der Waals surface area contributed by atoms with E-state index in [1.807, 2.05) is 68.4 Å². The van der Waals surface area contributed by atoms with E-state index in [0.29, 0.717) is 5.71 Å². The number of aliphatic imine (C=N–C) groups is 1. The smallest absolute Gasteiger partial charge is 0.212 e. The number of hydrogen-bond donors (Lipinski definition) is 0. The minimum absolute atomic E-state index is 0.0226. The monoisotopic (exact) mass is 285 g/mol. The molecule has 22 heavy (non-hydrogen) atoms. The topological polar surface area (TPSA) is 29.4 Å². The van der Waals surface area contributed by atoms with Crippen LogP contribution in [-0.4, -0.2) is 11.5 Å². The van der Waals surface area contributed by atoms with Gasteiger partial charge in [-0.1, -0.05) is 54.6 Å². The quantitative estimate of drug-likeness (QED) is 0.633. The minimum atomic E-state index is 0.0226. The summed E-state index contributed by atoms with van der Waals surface area (Å²) in [5.74, 6) is 0.0226. The molecule has 2 heteroatoms. The second kappa shape index (κ2) is 4.63. The number of para-hydroxylation sites is 1. The van der Waals surface area contributed by atoms with Crippen LogP contribution in [0, 0.1) is 13.8 Å². The summed E-state index contributed by atoms with van der Waals surface area (Å²) in [5.41, 5.74) is 5.34. The van der Waals surface area contributed by atoms with Gasteiger partial charge in [-0.3, -0.25) is 4.79 Å². The molecule has 0 aromatic heterocycles. The number of ketones is 1. The van der Waals surface area contributed by atoms with Crippen LogP contribution in [0.25, 0.3) is 10.8 Å². The molecule has 3 aromatic rings. The first-order valence-corrected chi connectivity index (χ1v) is 7.38. The van der Waals surface area contributed by atoms with Crippen LogP contribution in [0.4, 0.5) is 5.69 Å². The van der Waals surface area contributed by atoms with Crippen LogP contribution in [0.15, 0.2) is 59.6 Å². The molecule has 4 rings (SSSR count). The Hall–Kier alpha value is -2.74. The largest absolute Gasteiger partial charge is 0.287 e. The van der Waals surface area contributed by atoms with Gasteiger partial charge in [0.05, 0.1) is 5.69 Å². The lowest BCUT2D eigenvalue weighted by Crippen LogP contribution is -2.08. The molecular formula is C20H15NO. The summed E-state index contributed by atoms with van der Waals surface area (Å²) in [6, 6.07) is 17.9. The van der Waals surface area contributed by atoms with Crippen LogP contribution in [0.5, 0.6) is 0 Å². The van der Waals surface area contributed by atoms with E-state index in [0.717, 1.165) is 38.7 Å². The van der Waals surface area contributed by atoms with Crippen LogP contribution in [0.2, 0.25) is 0 Å². The minimum Gasteiger partial charge on any atom is -0.287 e. The van der Waals surface area contributed by atoms with Crippen molar-refractivity contribution in [1.29, 1.82) is 0 Å². The van der Waals surface area contributed by atoms with Crippen molar-refractivity contribution in [2.45, 2.75) is 13.8 Å². The van der Waals surface area contributed by atoms with Crippen molar-refractivity contribution in [2.24, 2.45) is 4.99 Å². The van der Waals surface area contributed by atoms with Gasteiger partial charge >= 0.3 is 0 Å². The van der Waals surface area contributed by atoms with Crippen LogP contribution < -0.4 is 0 Å². The van der Waals surface area contributed by atoms with Gasteiger partial charge in [0, 0.05) is 16.5 Å². The van der Waals surface area contributed by atoms with Gasteiger partial charge in [-0.2, -0.15) is 0 Å². The second-order valence-electron chi connectivity index (χ2n) is 5.74. The first-order chi connectivity index (χ1) is 10.7. The molecule has 0 saturated carbocycles. The number of Topliss-reactive ketones (excluding diaryl/α,β-unsaturated/α-hetero) is 1. The van der Waals surface area contributed by atoms with Crippen LogP contribution >= 0.6 is 0 Å². The summed E-state index contributed by atoms with van der Waals surface area (Å²) in [6.07, 6.45) is 0. The molecule has 0 saturated heterocycles. The lowest BCUT2D eigenvalue weighted by molar-refractivity contribution is 0.107. The third-order valence-electron chi connectivity index (χ3n) is 4.28. The van der Waals surface area contributed by atoms with Crippen LogP contribution in [0.3, 0.4) is 0 Å². The molecule has 1 aliphatic rings. The van der Waals surface area contributed by atoms with E-state index in [4.69, 9.17) is 4.99 Å². The molecule has 2 nitrogen and oxygen atoms in total. The fourth-order valence-electron chi connectivity index (χ4n) is 3.18. The third kappa shape index (κ3) is 1.74. The summed E-state index contributed by atoms with van der Waals surface area (Å²) in [6.45, 7) is 4.05. The molecule has 0 heterocycles. The van der Waals surface area contributed by atoms with E-state index in [2.05, 4.69) is 0 Å². The maximum Gasteiger partial charge on any atom is 0.212 e. The van der Waals surface area contributed by atoms with E-state index in [-0.39, 0.29) is 5.78 Å². The number of aryl methyl sites for hydroxylation is 2. The Morgan fingerprint density at radius 1 is 0.773 bits per heavy atom. The normalized spacial score (nSPS) is 15.0. The lowest BCUT2D eigenvalue weighted by atomic mass is 10.1. The summed E-state index contributed by atoms with van der Waals surface area (Å²) in [7, 11) is 0. The van der Waals surface area contributed by atoms with Gasteiger partial charge in [-0.15, -0.1) is 0 Å². The summed E-state index contributed by atoms with van der Waals surface area (Å²) in [4.78, 5) is 17.5. The van der Waals surface area contributed by atoms with Gasteiger partial charge in [-0.05, 0) is 30.4 Å². The number of carbonyl (C=O) groups excluding carboxylic acids is 1. The van der Waals surface area contributed by atoms with Gasteiger partial charge in [0.1, 0.15) is 5.71 Å². The number of nitrogens with zero attached hydrogens (tertiary/aromatic N) is 1. The molecule has 106 valence electrons. The zero-order valence-electron chi connectivity index (χ0n) is 12.6. The predicted molar refractivity (Wildman–Crippen MR) is 90.4 cm³/mol. The highest BCUT2D eigenvalue weighted by molar-refractivity contribution is 6.59. The predicted octanol–water partition coefficient (Wildman–Crippen LogP) is 4.77.